The lowest BCUT2D eigenvalue weighted by Crippen LogP contribution is -2.26. The van der Waals surface area contributed by atoms with Gasteiger partial charge in [0.1, 0.15) is 0 Å². The van der Waals surface area contributed by atoms with Crippen LogP contribution in [0.2, 0.25) is 0 Å². The Morgan fingerprint density at radius 1 is 1.31 bits per heavy atom. The molecule has 3 heteroatoms. The Bertz CT molecular complexity index is 311. The maximum absolute atomic E-state index is 11.5. The second-order valence-corrected chi connectivity index (χ2v) is 3.95. The fourth-order valence-electron chi connectivity index (χ4n) is 1.57. The minimum atomic E-state index is 0.0755. The molecule has 0 radical (unpaired) electrons. The van der Waals surface area contributed by atoms with E-state index in [1.165, 1.54) is 0 Å². The predicted molar refractivity (Wildman–Crippen MR) is 65.9 cm³/mol. The molecule has 0 saturated carbocycles. The van der Waals surface area contributed by atoms with Crippen molar-refractivity contribution in [3.8, 4) is 0 Å². The smallest absolute Gasteiger partial charge is 0.220 e. The summed E-state index contributed by atoms with van der Waals surface area (Å²) in [5.41, 5.74) is 6.51. The van der Waals surface area contributed by atoms with Crippen molar-refractivity contribution in [2.24, 2.45) is 5.73 Å². The molecule has 0 spiro atoms. The molecule has 1 rings (SSSR count). The lowest BCUT2D eigenvalue weighted by atomic mass is 10.1. The number of hydrogen-bond acceptors (Lipinski definition) is 2. The van der Waals surface area contributed by atoms with Crippen LogP contribution in [0.1, 0.15) is 37.8 Å². The van der Waals surface area contributed by atoms with Crippen LogP contribution in [-0.2, 0) is 4.79 Å². The fourth-order valence-corrected chi connectivity index (χ4v) is 1.57. The summed E-state index contributed by atoms with van der Waals surface area (Å²) in [4.78, 5) is 11.5. The van der Waals surface area contributed by atoms with Crippen molar-refractivity contribution in [3.05, 3.63) is 35.9 Å². The number of nitrogens with two attached hydrogens (primary N) is 1. The lowest BCUT2D eigenvalue weighted by Gasteiger charge is -2.14. The number of unbranched alkanes of at least 4 members (excludes halogenated alkanes) is 1. The second kappa shape index (κ2) is 7.01. The van der Waals surface area contributed by atoms with Crippen LogP contribution in [0.5, 0.6) is 0 Å². The quantitative estimate of drug-likeness (QED) is 0.720. The highest BCUT2D eigenvalue weighted by molar-refractivity contribution is 5.76. The van der Waals surface area contributed by atoms with Gasteiger partial charge in [-0.3, -0.25) is 4.79 Å². The van der Waals surface area contributed by atoms with Crippen LogP contribution in [0, 0.1) is 0 Å². The van der Waals surface area contributed by atoms with E-state index in [9.17, 15) is 4.79 Å². The van der Waals surface area contributed by atoms with Gasteiger partial charge in [-0.1, -0.05) is 30.3 Å². The standard InChI is InChI=1S/C13H20N2O/c1-11(12-7-3-2-4-8-12)15-13(16)9-5-6-10-14/h2-4,7-8,11H,5-6,9-10,14H2,1H3,(H,15,16). The van der Waals surface area contributed by atoms with Gasteiger partial charge < -0.3 is 11.1 Å². The molecule has 1 aromatic carbocycles. The first-order chi connectivity index (χ1) is 7.74. The van der Waals surface area contributed by atoms with E-state index in [-0.39, 0.29) is 11.9 Å². The maximum Gasteiger partial charge on any atom is 0.220 e. The summed E-state index contributed by atoms with van der Waals surface area (Å²) in [6.07, 6.45) is 2.34. The van der Waals surface area contributed by atoms with Gasteiger partial charge in [0.25, 0.3) is 0 Å². The molecule has 88 valence electrons. The number of amides is 1. The van der Waals surface area contributed by atoms with E-state index < -0.39 is 0 Å². The number of nitrogens with one attached hydrogen (secondary N) is 1. The van der Waals surface area contributed by atoms with Crippen molar-refractivity contribution in [1.82, 2.24) is 5.32 Å². The average Bonchev–Trinajstić information content (AvgIpc) is 2.30. The third-order valence-electron chi connectivity index (χ3n) is 2.54. The number of carbonyl (C=O) groups is 1. The molecule has 0 saturated heterocycles. The third kappa shape index (κ3) is 4.45. The van der Waals surface area contributed by atoms with Gasteiger partial charge in [-0.2, -0.15) is 0 Å². The largest absolute Gasteiger partial charge is 0.350 e. The Hall–Kier alpha value is -1.35. The topological polar surface area (TPSA) is 55.1 Å². The van der Waals surface area contributed by atoms with E-state index >= 15 is 0 Å². The zero-order valence-electron chi connectivity index (χ0n) is 9.78. The third-order valence-corrected chi connectivity index (χ3v) is 2.54. The molecule has 0 aliphatic heterocycles. The van der Waals surface area contributed by atoms with Crippen LogP contribution in [0.4, 0.5) is 0 Å². The van der Waals surface area contributed by atoms with Gasteiger partial charge >= 0.3 is 0 Å². The maximum atomic E-state index is 11.5. The Morgan fingerprint density at radius 2 is 2.00 bits per heavy atom. The van der Waals surface area contributed by atoms with Gasteiger partial charge in [-0.25, -0.2) is 0 Å². The highest BCUT2D eigenvalue weighted by Crippen LogP contribution is 2.11. The van der Waals surface area contributed by atoms with E-state index in [0.29, 0.717) is 13.0 Å². The minimum absolute atomic E-state index is 0.0755. The van der Waals surface area contributed by atoms with Gasteiger partial charge in [0, 0.05) is 6.42 Å². The van der Waals surface area contributed by atoms with Crippen LogP contribution in [0.25, 0.3) is 0 Å². The second-order valence-electron chi connectivity index (χ2n) is 3.95. The van der Waals surface area contributed by atoms with Gasteiger partial charge in [0.15, 0.2) is 0 Å². The van der Waals surface area contributed by atoms with E-state index in [2.05, 4.69) is 5.32 Å². The summed E-state index contributed by atoms with van der Waals surface area (Å²) in [7, 11) is 0. The molecule has 0 aromatic heterocycles. The van der Waals surface area contributed by atoms with E-state index in [4.69, 9.17) is 5.73 Å². The number of benzene rings is 1. The summed E-state index contributed by atoms with van der Waals surface area (Å²) in [5.74, 6) is 0.102. The van der Waals surface area contributed by atoms with E-state index in [1.807, 2.05) is 37.3 Å². The van der Waals surface area contributed by atoms with Crippen LogP contribution >= 0.6 is 0 Å². The molecule has 0 fully saturated rings. The zero-order chi connectivity index (χ0) is 11.8. The molecule has 0 aliphatic rings. The highest BCUT2D eigenvalue weighted by atomic mass is 16.1. The SMILES string of the molecule is CC(NC(=O)CCCCN)c1ccccc1. The number of carbonyl (C=O) groups excluding carboxylic acids is 1. The molecule has 0 aliphatic carbocycles. The number of hydrogen-bond donors (Lipinski definition) is 2. The van der Waals surface area contributed by atoms with Gasteiger partial charge in [0.05, 0.1) is 6.04 Å². The van der Waals surface area contributed by atoms with E-state index in [0.717, 1.165) is 18.4 Å². The Morgan fingerprint density at radius 3 is 2.62 bits per heavy atom. The first-order valence-electron chi connectivity index (χ1n) is 5.78. The fraction of sp³-hybridized carbons (Fsp3) is 0.462. The summed E-state index contributed by atoms with van der Waals surface area (Å²) >= 11 is 0. The molecule has 3 nitrogen and oxygen atoms in total. The molecule has 0 bridgehead atoms. The molecular formula is C13H20N2O. The zero-order valence-corrected chi connectivity index (χ0v) is 9.78. The van der Waals surface area contributed by atoms with Crippen molar-refractivity contribution in [2.45, 2.75) is 32.2 Å². The van der Waals surface area contributed by atoms with Gasteiger partial charge in [-0.05, 0) is 31.9 Å². The predicted octanol–water partition coefficient (Wildman–Crippen LogP) is 1.99. The summed E-state index contributed by atoms with van der Waals surface area (Å²) < 4.78 is 0. The summed E-state index contributed by atoms with van der Waals surface area (Å²) in [5, 5.41) is 2.98. The minimum Gasteiger partial charge on any atom is -0.350 e. The van der Waals surface area contributed by atoms with Crippen LogP contribution in [0.3, 0.4) is 0 Å². The van der Waals surface area contributed by atoms with Gasteiger partial charge in [-0.15, -0.1) is 0 Å². The van der Waals surface area contributed by atoms with Gasteiger partial charge in [0.2, 0.25) is 5.91 Å². The van der Waals surface area contributed by atoms with Crippen LogP contribution in [0.15, 0.2) is 30.3 Å². The number of rotatable bonds is 6. The van der Waals surface area contributed by atoms with Crippen molar-refractivity contribution in [3.63, 3.8) is 0 Å². The molecule has 1 aromatic rings. The average molecular weight is 220 g/mol. The van der Waals surface area contributed by atoms with E-state index in [1.54, 1.807) is 0 Å². The molecule has 0 heterocycles. The first-order valence-corrected chi connectivity index (χ1v) is 5.78. The Balaban J connectivity index is 2.34. The molecule has 1 unspecified atom stereocenters. The lowest BCUT2D eigenvalue weighted by molar-refractivity contribution is -0.121. The highest BCUT2D eigenvalue weighted by Gasteiger charge is 2.08. The van der Waals surface area contributed by atoms with Crippen molar-refractivity contribution in [1.29, 1.82) is 0 Å². The Kier molecular flexibility index (Phi) is 5.57. The molecule has 1 amide bonds. The van der Waals surface area contributed by atoms with Crippen molar-refractivity contribution in [2.75, 3.05) is 6.54 Å². The first kappa shape index (κ1) is 12.7. The van der Waals surface area contributed by atoms with Crippen LogP contribution in [-0.4, -0.2) is 12.5 Å². The summed E-state index contributed by atoms with van der Waals surface area (Å²) in [6, 6.07) is 10.0. The van der Waals surface area contributed by atoms with Crippen molar-refractivity contribution < 1.29 is 4.79 Å². The molecule has 16 heavy (non-hydrogen) atoms. The monoisotopic (exact) mass is 220 g/mol. The Labute approximate surface area is 97.0 Å². The summed E-state index contributed by atoms with van der Waals surface area (Å²) in [6.45, 7) is 2.65. The van der Waals surface area contributed by atoms with Crippen LogP contribution < -0.4 is 11.1 Å². The van der Waals surface area contributed by atoms with Crippen molar-refractivity contribution >= 4 is 5.91 Å². The molecular weight excluding hydrogens is 200 g/mol. The normalized spacial score (nSPS) is 12.1. The molecule has 3 N–H and O–H groups in total. The molecule has 1 atom stereocenters.